The van der Waals surface area contributed by atoms with Gasteiger partial charge in [-0.05, 0) is 26.2 Å². The maximum absolute atomic E-state index is 12.1. The highest BCUT2D eigenvalue weighted by molar-refractivity contribution is 8.00. The zero-order valence-electron chi connectivity index (χ0n) is 13.8. The Morgan fingerprint density at radius 2 is 2.18 bits per heavy atom. The van der Waals surface area contributed by atoms with Crippen molar-refractivity contribution in [2.24, 2.45) is 5.92 Å². The van der Waals surface area contributed by atoms with Crippen molar-refractivity contribution in [3.63, 3.8) is 0 Å². The molecule has 0 aliphatic heterocycles. The van der Waals surface area contributed by atoms with E-state index in [0.29, 0.717) is 22.7 Å². The van der Waals surface area contributed by atoms with Crippen LogP contribution in [-0.4, -0.2) is 27.8 Å². The van der Waals surface area contributed by atoms with Crippen LogP contribution in [0.3, 0.4) is 0 Å². The Hall–Kier alpha value is -0.810. The first-order valence-corrected chi connectivity index (χ1v) is 9.06. The molecule has 0 spiro atoms. The van der Waals surface area contributed by atoms with Gasteiger partial charge in [0, 0.05) is 0 Å². The molecule has 22 heavy (non-hydrogen) atoms. The molecule has 0 N–H and O–H groups in total. The van der Waals surface area contributed by atoms with Crippen molar-refractivity contribution in [3.8, 4) is 0 Å². The number of thioether (sulfide) groups is 1. The largest absolute Gasteiger partial charge is 0.465 e. The molecule has 0 saturated carbocycles. The van der Waals surface area contributed by atoms with Crippen LogP contribution in [0, 0.1) is 12.8 Å². The first-order chi connectivity index (χ1) is 10.5. The van der Waals surface area contributed by atoms with E-state index in [0.717, 1.165) is 18.5 Å². The maximum Gasteiger partial charge on any atom is 0.319 e. The van der Waals surface area contributed by atoms with E-state index < -0.39 is 0 Å². The van der Waals surface area contributed by atoms with Gasteiger partial charge in [0.2, 0.25) is 0 Å². The number of unbranched alkanes of at least 4 members (excludes halogenated alkanes) is 1. The number of aryl methyl sites for hydroxylation is 1. The van der Waals surface area contributed by atoms with Gasteiger partial charge in [-0.2, -0.15) is 0 Å². The normalized spacial score (nSPS) is 13.7. The van der Waals surface area contributed by atoms with Gasteiger partial charge < -0.3 is 4.74 Å². The van der Waals surface area contributed by atoms with E-state index in [4.69, 9.17) is 16.3 Å². The summed E-state index contributed by atoms with van der Waals surface area (Å²) in [5, 5.41) is 0.767. The van der Waals surface area contributed by atoms with Crippen molar-refractivity contribution in [1.82, 2.24) is 9.97 Å². The Morgan fingerprint density at radius 3 is 2.77 bits per heavy atom. The number of esters is 1. The van der Waals surface area contributed by atoms with Crippen LogP contribution in [0.15, 0.2) is 11.2 Å². The topological polar surface area (TPSA) is 52.1 Å². The number of carbonyl (C=O) groups excluding carboxylic acids is 1. The van der Waals surface area contributed by atoms with E-state index >= 15 is 0 Å². The molecule has 2 unspecified atom stereocenters. The molecule has 1 aromatic rings. The van der Waals surface area contributed by atoms with Crippen LogP contribution in [0.2, 0.25) is 5.15 Å². The van der Waals surface area contributed by atoms with Crippen LogP contribution in [0.5, 0.6) is 0 Å². The zero-order chi connectivity index (χ0) is 16.5. The Labute approximate surface area is 142 Å². The Kier molecular flexibility index (Phi) is 8.79. The minimum atomic E-state index is -0.308. The number of rotatable bonds is 9. The van der Waals surface area contributed by atoms with E-state index in [1.165, 1.54) is 30.8 Å². The lowest BCUT2D eigenvalue weighted by Crippen LogP contribution is -2.21. The molecule has 4 nitrogen and oxygen atoms in total. The molecule has 0 aliphatic carbocycles. The third-order valence-corrected chi connectivity index (χ3v) is 4.85. The Morgan fingerprint density at radius 1 is 1.45 bits per heavy atom. The van der Waals surface area contributed by atoms with Gasteiger partial charge in [-0.3, -0.25) is 4.79 Å². The molecule has 0 aromatic carbocycles. The summed E-state index contributed by atoms with van der Waals surface area (Å²) in [4.78, 5) is 20.5. The smallest absolute Gasteiger partial charge is 0.319 e. The van der Waals surface area contributed by atoms with Gasteiger partial charge in [0.25, 0.3) is 0 Å². The highest BCUT2D eigenvalue weighted by Crippen LogP contribution is 2.25. The van der Waals surface area contributed by atoms with Gasteiger partial charge in [0.15, 0.2) is 0 Å². The van der Waals surface area contributed by atoms with Gasteiger partial charge >= 0.3 is 5.97 Å². The van der Waals surface area contributed by atoms with Gasteiger partial charge in [-0.1, -0.05) is 56.5 Å². The third-order valence-electron chi connectivity index (χ3n) is 3.50. The molecular formula is C16H25ClN2O2S. The fourth-order valence-electron chi connectivity index (χ4n) is 1.99. The van der Waals surface area contributed by atoms with Crippen molar-refractivity contribution < 1.29 is 9.53 Å². The summed E-state index contributed by atoms with van der Waals surface area (Å²) in [6.45, 7) is 8.48. The van der Waals surface area contributed by atoms with Gasteiger partial charge in [-0.15, -0.1) is 0 Å². The highest BCUT2D eigenvalue weighted by atomic mass is 35.5. The number of nitrogens with zero attached hydrogens (tertiary/aromatic N) is 2. The molecule has 2 atom stereocenters. The van der Waals surface area contributed by atoms with E-state index in [2.05, 4.69) is 23.8 Å². The van der Waals surface area contributed by atoms with E-state index in [-0.39, 0.29) is 11.2 Å². The quantitative estimate of drug-likeness (QED) is 0.481. The second-order valence-electron chi connectivity index (χ2n) is 5.39. The van der Waals surface area contributed by atoms with E-state index in [9.17, 15) is 4.79 Å². The number of halogens is 1. The predicted octanol–water partition coefficient (Wildman–Crippen LogP) is 4.68. The number of hydrogen-bond acceptors (Lipinski definition) is 5. The molecular weight excluding hydrogens is 320 g/mol. The Bertz CT molecular complexity index is 485. The summed E-state index contributed by atoms with van der Waals surface area (Å²) in [6, 6.07) is 0. The molecule has 0 fully saturated rings. The fraction of sp³-hybridized carbons (Fsp3) is 0.688. The second kappa shape index (κ2) is 10.1. The SMILES string of the molecule is CCCCC(CC)COC(=O)C(C)Sc1ncc(Cl)nc1C. The van der Waals surface area contributed by atoms with Crippen molar-refractivity contribution in [3.05, 3.63) is 17.0 Å². The lowest BCUT2D eigenvalue weighted by Gasteiger charge is -2.17. The number of aromatic nitrogens is 2. The summed E-state index contributed by atoms with van der Waals surface area (Å²) in [7, 11) is 0. The van der Waals surface area contributed by atoms with Crippen molar-refractivity contribution >= 4 is 29.3 Å². The predicted molar refractivity (Wildman–Crippen MR) is 91.4 cm³/mol. The third kappa shape index (κ3) is 6.53. The fourth-order valence-corrected chi connectivity index (χ4v) is 2.99. The number of hydrogen-bond donors (Lipinski definition) is 0. The van der Waals surface area contributed by atoms with Crippen LogP contribution >= 0.6 is 23.4 Å². The van der Waals surface area contributed by atoms with Crippen molar-refractivity contribution in [1.29, 1.82) is 0 Å². The lowest BCUT2D eigenvalue weighted by atomic mass is 10.0. The van der Waals surface area contributed by atoms with Gasteiger partial charge in [0.1, 0.15) is 15.4 Å². The zero-order valence-corrected chi connectivity index (χ0v) is 15.3. The Balaban J connectivity index is 2.47. The van der Waals surface area contributed by atoms with Gasteiger partial charge in [0.05, 0.1) is 18.5 Å². The first kappa shape index (κ1) is 19.2. The van der Waals surface area contributed by atoms with E-state index in [1.54, 1.807) is 0 Å². The summed E-state index contributed by atoms with van der Waals surface area (Å²) in [5.74, 6) is 0.259. The standard InChI is InChI=1S/C16H25ClN2O2S/c1-5-7-8-13(6-2)10-21-16(20)12(4)22-15-11(3)19-14(17)9-18-15/h9,12-13H,5-8,10H2,1-4H3. The molecule has 124 valence electrons. The molecule has 0 aliphatic rings. The molecule has 0 saturated heterocycles. The van der Waals surface area contributed by atoms with Crippen LogP contribution in [0.4, 0.5) is 0 Å². The molecule has 0 radical (unpaired) electrons. The van der Waals surface area contributed by atoms with Crippen molar-refractivity contribution in [2.75, 3.05) is 6.61 Å². The lowest BCUT2D eigenvalue weighted by molar-refractivity contribution is -0.144. The molecule has 0 amide bonds. The summed E-state index contributed by atoms with van der Waals surface area (Å²) in [5.41, 5.74) is 0.728. The highest BCUT2D eigenvalue weighted by Gasteiger charge is 2.19. The molecule has 1 aromatic heterocycles. The molecule has 1 rings (SSSR count). The average Bonchev–Trinajstić information content (AvgIpc) is 2.49. The second-order valence-corrected chi connectivity index (χ2v) is 7.11. The number of carbonyl (C=O) groups is 1. The molecule has 0 bridgehead atoms. The monoisotopic (exact) mass is 344 g/mol. The molecule has 1 heterocycles. The van der Waals surface area contributed by atoms with Crippen LogP contribution in [-0.2, 0) is 9.53 Å². The minimum absolute atomic E-state index is 0.198. The van der Waals surface area contributed by atoms with Crippen LogP contribution in [0.25, 0.3) is 0 Å². The maximum atomic E-state index is 12.1. The van der Waals surface area contributed by atoms with Crippen LogP contribution < -0.4 is 0 Å². The first-order valence-electron chi connectivity index (χ1n) is 7.80. The minimum Gasteiger partial charge on any atom is -0.465 e. The van der Waals surface area contributed by atoms with Crippen LogP contribution in [0.1, 0.15) is 52.1 Å². The van der Waals surface area contributed by atoms with Crippen molar-refractivity contribution in [2.45, 2.75) is 63.7 Å². The van der Waals surface area contributed by atoms with Gasteiger partial charge in [-0.25, -0.2) is 9.97 Å². The number of ether oxygens (including phenoxy) is 1. The summed E-state index contributed by atoms with van der Waals surface area (Å²) < 4.78 is 5.46. The average molecular weight is 345 g/mol. The summed E-state index contributed by atoms with van der Waals surface area (Å²) >= 11 is 7.14. The summed E-state index contributed by atoms with van der Waals surface area (Å²) in [6.07, 6.45) is 6.00. The molecule has 6 heteroatoms. The van der Waals surface area contributed by atoms with E-state index in [1.807, 2.05) is 13.8 Å².